The van der Waals surface area contributed by atoms with Gasteiger partial charge in [0.25, 0.3) is 0 Å². The summed E-state index contributed by atoms with van der Waals surface area (Å²) in [5, 5.41) is 3.68. The van der Waals surface area contributed by atoms with Crippen LogP contribution in [-0.2, 0) is 9.53 Å². The Kier molecular flexibility index (Phi) is 5.90. The van der Waals surface area contributed by atoms with Crippen molar-refractivity contribution >= 4 is 5.91 Å². The van der Waals surface area contributed by atoms with Gasteiger partial charge >= 0.3 is 0 Å². The lowest BCUT2D eigenvalue weighted by Crippen LogP contribution is -2.43. The van der Waals surface area contributed by atoms with Crippen LogP contribution in [0.1, 0.15) is 50.7 Å². The Morgan fingerprint density at radius 1 is 1.21 bits per heavy atom. The molecule has 0 spiro atoms. The van der Waals surface area contributed by atoms with Crippen LogP contribution in [0, 0.1) is 5.92 Å². The molecule has 1 amide bonds. The van der Waals surface area contributed by atoms with Gasteiger partial charge in [0, 0.05) is 38.2 Å². The minimum Gasteiger partial charge on any atom is -0.375 e. The quantitative estimate of drug-likeness (QED) is 0.871. The molecular formula is C20H30N2O2. The summed E-state index contributed by atoms with van der Waals surface area (Å²) in [6.07, 6.45) is 5.68. The first-order chi connectivity index (χ1) is 11.7. The molecule has 3 rings (SSSR count). The number of benzene rings is 1. The van der Waals surface area contributed by atoms with E-state index in [1.807, 2.05) is 18.2 Å². The monoisotopic (exact) mass is 330 g/mol. The highest BCUT2D eigenvalue weighted by atomic mass is 16.5. The summed E-state index contributed by atoms with van der Waals surface area (Å²) in [6, 6.07) is 10.9. The first-order valence-corrected chi connectivity index (χ1v) is 9.31. The van der Waals surface area contributed by atoms with E-state index in [2.05, 4.69) is 29.3 Å². The molecule has 1 aromatic rings. The second-order valence-electron chi connectivity index (χ2n) is 7.27. The van der Waals surface area contributed by atoms with Crippen LogP contribution in [-0.4, -0.2) is 43.1 Å². The molecule has 1 saturated carbocycles. The molecule has 1 aliphatic carbocycles. The van der Waals surface area contributed by atoms with E-state index in [-0.39, 0.29) is 18.1 Å². The number of hydrogen-bond acceptors (Lipinski definition) is 3. The molecule has 2 aliphatic rings. The summed E-state index contributed by atoms with van der Waals surface area (Å²) in [6.45, 7) is 3.90. The molecule has 4 heteroatoms. The standard InChI is InChI=1S/C20H30N2O2/c1-15(19(24-2)16-8-4-3-5-9-16)21-18-12-13-22(14-18)20(23)17-10-6-7-11-17/h3-5,8-9,15,17-19,21H,6-7,10-14H2,1-2H3/t15-,18-,19+/m1/s1. The lowest BCUT2D eigenvalue weighted by atomic mass is 10.0. The van der Waals surface area contributed by atoms with E-state index in [1.165, 1.54) is 18.4 Å². The molecule has 0 radical (unpaired) electrons. The van der Waals surface area contributed by atoms with E-state index in [0.717, 1.165) is 32.4 Å². The average molecular weight is 330 g/mol. The number of rotatable bonds is 6. The first kappa shape index (κ1) is 17.4. The van der Waals surface area contributed by atoms with Gasteiger partial charge in [-0.15, -0.1) is 0 Å². The van der Waals surface area contributed by atoms with Gasteiger partial charge in [0.15, 0.2) is 0 Å². The van der Waals surface area contributed by atoms with E-state index in [0.29, 0.717) is 11.9 Å². The van der Waals surface area contributed by atoms with Crippen molar-refractivity contribution < 1.29 is 9.53 Å². The lowest BCUT2D eigenvalue weighted by molar-refractivity contribution is -0.134. The Hall–Kier alpha value is -1.39. The van der Waals surface area contributed by atoms with Crippen LogP contribution in [0.25, 0.3) is 0 Å². The Bertz CT molecular complexity index is 528. The minimum atomic E-state index is 0.0331. The third-order valence-corrected chi connectivity index (χ3v) is 5.54. The minimum absolute atomic E-state index is 0.0331. The number of amides is 1. The Labute approximate surface area is 145 Å². The average Bonchev–Trinajstić information content (AvgIpc) is 3.28. The van der Waals surface area contributed by atoms with Crippen molar-refractivity contribution in [1.82, 2.24) is 10.2 Å². The molecule has 1 N–H and O–H groups in total. The molecule has 2 fully saturated rings. The molecule has 3 atom stereocenters. The van der Waals surface area contributed by atoms with Crippen LogP contribution >= 0.6 is 0 Å². The maximum atomic E-state index is 12.6. The highest BCUT2D eigenvalue weighted by molar-refractivity contribution is 5.79. The zero-order valence-corrected chi connectivity index (χ0v) is 14.9. The van der Waals surface area contributed by atoms with E-state index >= 15 is 0 Å². The van der Waals surface area contributed by atoms with Gasteiger partial charge in [0.2, 0.25) is 5.91 Å². The van der Waals surface area contributed by atoms with E-state index < -0.39 is 0 Å². The third-order valence-electron chi connectivity index (χ3n) is 5.54. The van der Waals surface area contributed by atoms with Gasteiger partial charge in [-0.2, -0.15) is 0 Å². The largest absolute Gasteiger partial charge is 0.375 e. The number of nitrogens with zero attached hydrogens (tertiary/aromatic N) is 1. The highest BCUT2D eigenvalue weighted by Crippen LogP contribution is 2.28. The van der Waals surface area contributed by atoms with Crippen LogP contribution < -0.4 is 5.32 Å². The molecule has 1 heterocycles. The molecule has 0 unspecified atom stereocenters. The van der Waals surface area contributed by atoms with Crippen molar-refractivity contribution in [3.05, 3.63) is 35.9 Å². The number of likely N-dealkylation sites (tertiary alicyclic amines) is 1. The van der Waals surface area contributed by atoms with Crippen LogP contribution in [0.4, 0.5) is 0 Å². The number of methoxy groups -OCH3 is 1. The van der Waals surface area contributed by atoms with Gasteiger partial charge in [0.1, 0.15) is 0 Å². The third kappa shape index (κ3) is 3.98. The second-order valence-corrected chi connectivity index (χ2v) is 7.27. The number of carbonyl (C=O) groups excluding carboxylic acids is 1. The van der Waals surface area contributed by atoms with E-state index in [4.69, 9.17) is 4.74 Å². The Morgan fingerprint density at radius 2 is 1.92 bits per heavy atom. The van der Waals surface area contributed by atoms with Gasteiger partial charge in [0.05, 0.1) is 6.10 Å². The summed E-state index contributed by atoms with van der Waals surface area (Å²) in [4.78, 5) is 14.6. The maximum absolute atomic E-state index is 12.6. The number of nitrogens with one attached hydrogen (secondary N) is 1. The zero-order valence-electron chi connectivity index (χ0n) is 14.9. The molecule has 4 nitrogen and oxygen atoms in total. The van der Waals surface area contributed by atoms with Crippen molar-refractivity contribution in [3.8, 4) is 0 Å². The number of ether oxygens (including phenoxy) is 1. The second kappa shape index (κ2) is 8.13. The Morgan fingerprint density at radius 3 is 2.58 bits per heavy atom. The van der Waals surface area contributed by atoms with Crippen LogP contribution in [0.2, 0.25) is 0 Å². The van der Waals surface area contributed by atoms with Gasteiger partial charge in [-0.25, -0.2) is 0 Å². The van der Waals surface area contributed by atoms with Gasteiger partial charge in [-0.1, -0.05) is 43.2 Å². The highest BCUT2D eigenvalue weighted by Gasteiger charge is 2.33. The zero-order chi connectivity index (χ0) is 16.9. The normalized spacial score (nSPS) is 24.2. The SMILES string of the molecule is CO[C@H](c1ccccc1)[C@@H](C)N[C@@H]1CCN(C(=O)C2CCCC2)C1. The molecule has 132 valence electrons. The van der Waals surface area contributed by atoms with Crippen LogP contribution in [0.3, 0.4) is 0 Å². The van der Waals surface area contributed by atoms with Crippen molar-refractivity contribution in [2.75, 3.05) is 20.2 Å². The van der Waals surface area contributed by atoms with E-state index in [1.54, 1.807) is 7.11 Å². The number of carbonyl (C=O) groups is 1. The van der Waals surface area contributed by atoms with Crippen molar-refractivity contribution in [3.63, 3.8) is 0 Å². The molecule has 0 bridgehead atoms. The Balaban J connectivity index is 1.53. The van der Waals surface area contributed by atoms with Crippen molar-refractivity contribution in [1.29, 1.82) is 0 Å². The van der Waals surface area contributed by atoms with E-state index in [9.17, 15) is 4.79 Å². The first-order valence-electron chi connectivity index (χ1n) is 9.31. The fourth-order valence-electron chi connectivity index (χ4n) is 4.26. The van der Waals surface area contributed by atoms with Gasteiger partial charge in [-0.3, -0.25) is 4.79 Å². The maximum Gasteiger partial charge on any atom is 0.225 e. The van der Waals surface area contributed by atoms with Crippen LogP contribution in [0.5, 0.6) is 0 Å². The topological polar surface area (TPSA) is 41.6 Å². The predicted molar refractivity (Wildman–Crippen MR) is 95.7 cm³/mol. The number of hydrogen-bond donors (Lipinski definition) is 1. The molecule has 0 aromatic heterocycles. The summed E-state index contributed by atoms with van der Waals surface area (Å²) < 4.78 is 5.72. The summed E-state index contributed by atoms with van der Waals surface area (Å²) in [5.41, 5.74) is 1.19. The fourth-order valence-corrected chi connectivity index (χ4v) is 4.26. The predicted octanol–water partition coefficient (Wildman–Crippen LogP) is 3.14. The molecule has 1 aromatic carbocycles. The molecule has 1 saturated heterocycles. The molecule has 1 aliphatic heterocycles. The smallest absolute Gasteiger partial charge is 0.225 e. The van der Waals surface area contributed by atoms with Gasteiger partial charge < -0.3 is 15.0 Å². The molecular weight excluding hydrogens is 300 g/mol. The van der Waals surface area contributed by atoms with Crippen molar-refractivity contribution in [2.45, 2.75) is 57.2 Å². The summed E-state index contributed by atoms with van der Waals surface area (Å²) in [5.74, 6) is 0.674. The molecule has 24 heavy (non-hydrogen) atoms. The fraction of sp³-hybridized carbons (Fsp3) is 0.650. The van der Waals surface area contributed by atoms with Crippen LogP contribution in [0.15, 0.2) is 30.3 Å². The summed E-state index contributed by atoms with van der Waals surface area (Å²) >= 11 is 0. The van der Waals surface area contributed by atoms with Gasteiger partial charge in [-0.05, 0) is 31.7 Å². The lowest BCUT2D eigenvalue weighted by Gasteiger charge is -2.27. The summed E-state index contributed by atoms with van der Waals surface area (Å²) in [7, 11) is 1.76. The van der Waals surface area contributed by atoms with Crippen molar-refractivity contribution in [2.24, 2.45) is 5.92 Å².